The lowest BCUT2D eigenvalue weighted by Crippen LogP contribution is -2.28. The molecule has 1 aliphatic rings. The Bertz CT molecular complexity index is 151. The van der Waals surface area contributed by atoms with Crippen molar-refractivity contribution in [1.29, 1.82) is 0 Å². The third-order valence-corrected chi connectivity index (χ3v) is 2.59. The SMILES string of the molecule is COC(=O)CCC1CCCCCN1. The lowest BCUT2D eigenvalue weighted by atomic mass is 10.1. The van der Waals surface area contributed by atoms with Crippen LogP contribution in [0.5, 0.6) is 0 Å². The monoisotopic (exact) mass is 185 g/mol. The van der Waals surface area contributed by atoms with E-state index in [0.717, 1.165) is 13.0 Å². The first kappa shape index (κ1) is 10.5. The van der Waals surface area contributed by atoms with Gasteiger partial charge in [0.25, 0.3) is 0 Å². The molecule has 1 atom stereocenters. The fraction of sp³-hybridized carbons (Fsp3) is 0.900. The second-order valence-corrected chi connectivity index (χ2v) is 3.62. The van der Waals surface area contributed by atoms with Crippen molar-refractivity contribution >= 4 is 5.97 Å². The maximum atomic E-state index is 10.9. The van der Waals surface area contributed by atoms with Crippen molar-refractivity contribution in [1.82, 2.24) is 5.32 Å². The van der Waals surface area contributed by atoms with Gasteiger partial charge in [0.1, 0.15) is 0 Å². The van der Waals surface area contributed by atoms with Crippen LogP contribution in [-0.2, 0) is 9.53 Å². The van der Waals surface area contributed by atoms with Crippen LogP contribution >= 0.6 is 0 Å². The summed E-state index contributed by atoms with van der Waals surface area (Å²) in [4.78, 5) is 10.9. The van der Waals surface area contributed by atoms with Crippen molar-refractivity contribution in [2.75, 3.05) is 13.7 Å². The normalized spacial score (nSPS) is 23.6. The fourth-order valence-corrected chi connectivity index (χ4v) is 1.74. The zero-order valence-electron chi connectivity index (χ0n) is 8.34. The average Bonchev–Trinajstić information content (AvgIpc) is 2.42. The average molecular weight is 185 g/mol. The van der Waals surface area contributed by atoms with Crippen LogP contribution in [-0.4, -0.2) is 25.7 Å². The van der Waals surface area contributed by atoms with Gasteiger partial charge in [-0.2, -0.15) is 0 Å². The maximum absolute atomic E-state index is 10.9. The molecule has 0 aromatic heterocycles. The number of carbonyl (C=O) groups excluding carboxylic acids is 1. The molecule has 0 radical (unpaired) electrons. The Hall–Kier alpha value is -0.570. The summed E-state index contributed by atoms with van der Waals surface area (Å²) in [5, 5.41) is 3.45. The highest BCUT2D eigenvalue weighted by Crippen LogP contribution is 2.12. The van der Waals surface area contributed by atoms with Gasteiger partial charge < -0.3 is 10.1 Å². The lowest BCUT2D eigenvalue weighted by Gasteiger charge is -2.14. The van der Waals surface area contributed by atoms with Crippen LogP contribution in [0.1, 0.15) is 38.5 Å². The molecule has 0 aliphatic carbocycles. The molecule has 3 heteroatoms. The van der Waals surface area contributed by atoms with E-state index in [1.807, 2.05) is 0 Å². The van der Waals surface area contributed by atoms with Gasteiger partial charge in [0.2, 0.25) is 0 Å². The van der Waals surface area contributed by atoms with Crippen LogP contribution in [0.3, 0.4) is 0 Å². The predicted octanol–water partition coefficient (Wildman–Crippen LogP) is 1.47. The van der Waals surface area contributed by atoms with E-state index in [9.17, 15) is 4.79 Å². The highest BCUT2D eigenvalue weighted by molar-refractivity contribution is 5.69. The van der Waals surface area contributed by atoms with Crippen LogP contribution in [0.4, 0.5) is 0 Å². The summed E-state index contributed by atoms with van der Waals surface area (Å²) >= 11 is 0. The van der Waals surface area contributed by atoms with Gasteiger partial charge in [-0.15, -0.1) is 0 Å². The number of hydrogen-bond acceptors (Lipinski definition) is 3. The molecule has 3 nitrogen and oxygen atoms in total. The molecule has 0 bridgehead atoms. The van der Waals surface area contributed by atoms with Crippen LogP contribution in [0.25, 0.3) is 0 Å². The summed E-state index contributed by atoms with van der Waals surface area (Å²) in [6.45, 7) is 1.10. The molecular formula is C10H19NO2. The van der Waals surface area contributed by atoms with E-state index in [0.29, 0.717) is 12.5 Å². The fourth-order valence-electron chi connectivity index (χ4n) is 1.74. The van der Waals surface area contributed by atoms with Crippen molar-refractivity contribution in [3.8, 4) is 0 Å². The van der Waals surface area contributed by atoms with Gasteiger partial charge in [-0.05, 0) is 25.8 Å². The van der Waals surface area contributed by atoms with Gasteiger partial charge in [0.05, 0.1) is 7.11 Å². The number of methoxy groups -OCH3 is 1. The van der Waals surface area contributed by atoms with E-state index >= 15 is 0 Å². The van der Waals surface area contributed by atoms with Gasteiger partial charge >= 0.3 is 5.97 Å². The lowest BCUT2D eigenvalue weighted by molar-refractivity contribution is -0.140. The number of hydrogen-bond donors (Lipinski definition) is 1. The minimum atomic E-state index is -0.0916. The first-order valence-corrected chi connectivity index (χ1v) is 5.13. The van der Waals surface area contributed by atoms with E-state index in [2.05, 4.69) is 10.1 Å². The van der Waals surface area contributed by atoms with Gasteiger partial charge in [0, 0.05) is 12.5 Å². The summed E-state index contributed by atoms with van der Waals surface area (Å²) < 4.78 is 4.61. The standard InChI is InChI=1S/C10H19NO2/c1-13-10(12)7-6-9-5-3-2-4-8-11-9/h9,11H,2-8H2,1H3. The number of carbonyl (C=O) groups is 1. The third-order valence-electron chi connectivity index (χ3n) is 2.59. The van der Waals surface area contributed by atoms with Crippen LogP contribution < -0.4 is 5.32 Å². The summed E-state index contributed by atoms with van der Waals surface area (Å²) in [6, 6.07) is 0.529. The Labute approximate surface area is 79.8 Å². The first-order valence-electron chi connectivity index (χ1n) is 5.13. The van der Waals surface area contributed by atoms with Gasteiger partial charge in [-0.3, -0.25) is 4.79 Å². The third kappa shape index (κ3) is 4.27. The van der Waals surface area contributed by atoms with Crippen LogP contribution in [0.2, 0.25) is 0 Å². The van der Waals surface area contributed by atoms with Crippen LogP contribution in [0.15, 0.2) is 0 Å². The van der Waals surface area contributed by atoms with E-state index in [-0.39, 0.29) is 5.97 Å². The predicted molar refractivity (Wildman–Crippen MR) is 51.5 cm³/mol. The van der Waals surface area contributed by atoms with Crippen molar-refractivity contribution in [2.24, 2.45) is 0 Å². The molecule has 0 aromatic carbocycles. The minimum absolute atomic E-state index is 0.0916. The van der Waals surface area contributed by atoms with Gasteiger partial charge in [-0.1, -0.05) is 12.8 Å². The molecule has 1 N–H and O–H groups in total. The van der Waals surface area contributed by atoms with Crippen molar-refractivity contribution < 1.29 is 9.53 Å². The minimum Gasteiger partial charge on any atom is -0.469 e. The Kier molecular flexibility index (Phi) is 4.83. The highest BCUT2D eigenvalue weighted by atomic mass is 16.5. The molecule has 0 amide bonds. The Morgan fingerprint density at radius 3 is 3.08 bits per heavy atom. The van der Waals surface area contributed by atoms with Gasteiger partial charge in [-0.25, -0.2) is 0 Å². The second-order valence-electron chi connectivity index (χ2n) is 3.62. The largest absolute Gasteiger partial charge is 0.469 e. The highest BCUT2D eigenvalue weighted by Gasteiger charge is 2.12. The van der Waals surface area contributed by atoms with Crippen molar-refractivity contribution in [2.45, 2.75) is 44.6 Å². The maximum Gasteiger partial charge on any atom is 0.305 e. The van der Waals surface area contributed by atoms with E-state index in [1.54, 1.807) is 0 Å². The zero-order chi connectivity index (χ0) is 9.52. The number of rotatable bonds is 3. The molecule has 1 heterocycles. The number of ether oxygens (including phenoxy) is 1. The summed E-state index contributed by atoms with van der Waals surface area (Å²) in [5.41, 5.74) is 0. The molecule has 0 aromatic rings. The molecule has 0 spiro atoms. The number of nitrogens with one attached hydrogen (secondary N) is 1. The molecule has 76 valence electrons. The molecule has 1 unspecified atom stereocenters. The Balaban J connectivity index is 2.15. The number of esters is 1. The van der Waals surface area contributed by atoms with E-state index in [4.69, 9.17) is 0 Å². The van der Waals surface area contributed by atoms with Crippen LogP contribution in [0, 0.1) is 0 Å². The molecule has 1 fully saturated rings. The van der Waals surface area contributed by atoms with E-state index < -0.39 is 0 Å². The smallest absolute Gasteiger partial charge is 0.305 e. The summed E-state index contributed by atoms with van der Waals surface area (Å²) in [7, 11) is 1.45. The molecule has 1 aliphatic heterocycles. The zero-order valence-corrected chi connectivity index (χ0v) is 8.34. The van der Waals surface area contributed by atoms with Crippen molar-refractivity contribution in [3.05, 3.63) is 0 Å². The quantitative estimate of drug-likeness (QED) is 0.677. The topological polar surface area (TPSA) is 38.3 Å². The molecule has 1 saturated heterocycles. The Morgan fingerprint density at radius 2 is 2.31 bits per heavy atom. The molecule has 13 heavy (non-hydrogen) atoms. The van der Waals surface area contributed by atoms with Gasteiger partial charge in [0.15, 0.2) is 0 Å². The van der Waals surface area contributed by atoms with Crippen molar-refractivity contribution in [3.63, 3.8) is 0 Å². The molecule has 1 rings (SSSR count). The van der Waals surface area contributed by atoms with E-state index in [1.165, 1.54) is 32.8 Å². The summed E-state index contributed by atoms with van der Waals surface area (Å²) in [6.07, 6.45) is 6.56. The second kappa shape index (κ2) is 5.97. The summed E-state index contributed by atoms with van der Waals surface area (Å²) in [5.74, 6) is -0.0916. The Morgan fingerprint density at radius 1 is 1.46 bits per heavy atom. The first-order chi connectivity index (χ1) is 6.33. The molecule has 0 saturated carbocycles. The molecular weight excluding hydrogens is 166 g/mol.